The number of aryl methyl sites for hydroxylation is 1. The Morgan fingerprint density at radius 2 is 2.00 bits per heavy atom. The summed E-state index contributed by atoms with van der Waals surface area (Å²) in [5, 5.41) is 0. The van der Waals surface area contributed by atoms with Gasteiger partial charge in [-0.2, -0.15) is 0 Å². The van der Waals surface area contributed by atoms with E-state index < -0.39 is 0 Å². The van der Waals surface area contributed by atoms with Gasteiger partial charge in [-0.3, -0.25) is 0 Å². The minimum Gasteiger partial charge on any atom is -0.440 e. The Morgan fingerprint density at radius 1 is 1.33 bits per heavy atom. The summed E-state index contributed by atoms with van der Waals surface area (Å²) in [7, 11) is 0. The van der Waals surface area contributed by atoms with Crippen LogP contribution in [0.4, 0.5) is 0 Å². The van der Waals surface area contributed by atoms with Gasteiger partial charge in [0.25, 0.3) is 0 Å². The number of alkyl halides is 1. The molecule has 0 saturated carbocycles. The van der Waals surface area contributed by atoms with E-state index in [1.807, 2.05) is 31.2 Å². The molecule has 0 radical (unpaired) electrons. The van der Waals surface area contributed by atoms with E-state index in [4.69, 9.17) is 16.0 Å². The van der Waals surface area contributed by atoms with E-state index in [2.05, 4.69) is 20.9 Å². The van der Waals surface area contributed by atoms with Crippen molar-refractivity contribution in [2.24, 2.45) is 0 Å². The summed E-state index contributed by atoms with van der Waals surface area (Å²) in [6.45, 7) is 1.89. The van der Waals surface area contributed by atoms with Crippen molar-refractivity contribution in [2.75, 3.05) is 0 Å². The molecule has 2 nitrogen and oxygen atoms in total. The fourth-order valence-corrected chi connectivity index (χ4v) is 1.78. The van der Waals surface area contributed by atoms with E-state index >= 15 is 0 Å². The average Bonchev–Trinajstić information content (AvgIpc) is 2.61. The van der Waals surface area contributed by atoms with E-state index in [1.54, 1.807) is 0 Å². The lowest BCUT2D eigenvalue weighted by Crippen LogP contribution is -1.77. The molecule has 0 unspecified atom stereocenters. The van der Waals surface area contributed by atoms with Gasteiger partial charge in [0.15, 0.2) is 0 Å². The Kier molecular flexibility index (Phi) is 3.12. The van der Waals surface area contributed by atoms with Crippen LogP contribution in [0.15, 0.2) is 33.2 Å². The normalized spacial score (nSPS) is 10.6. The molecule has 0 spiro atoms. The highest BCUT2D eigenvalue weighted by Crippen LogP contribution is 2.24. The van der Waals surface area contributed by atoms with Crippen LogP contribution in [0.1, 0.15) is 11.5 Å². The van der Waals surface area contributed by atoms with E-state index in [0.717, 1.165) is 21.5 Å². The molecular formula is C11H9BrClNO. The number of oxazole rings is 1. The second kappa shape index (κ2) is 4.37. The molecule has 0 aliphatic heterocycles. The summed E-state index contributed by atoms with van der Waals surface area (Å²) in [6, 6.07) is 7.81. The molecule has 0 atom stereocenters. The minimum atomic E-state index is 0.357. The first-order chi connectivity index (χ1) is 7.20. The van der Waals surface area contributed by atoms with Gasteiger partial charge >= 0.3 is 0 Å². The van der Waals surface area contributed by atoms with Crippen LogP contribution >= 0.6 is 27.5 Å². The summed E-state index contributed by atoms with van der Waals surface area (Å²) < 4.78 is 6.57. The Hall–Kier alpha value is -0.800. The van der Waals surface area contributed by atoms with Gasteiger partial charge in [0, 0.05) is 10.0 Å². The largest absolute Gasteiger partial charge is 0.440 e. The summed E-state index contributed by atoms with van der Waals surface area (Å²) in [4.78, 5) is 4.31. The van der Waals surface area contributed by atoms with Gasteiger partial charge in [0.1, 0.15) is 5.76 Å². The Bertz CT molecular complexity index is 464. The van der Waals surface area contributed by atoms with Gasteiger partial charge in [0.2, 0.25) is 5.89 Å². The number of rotatable bonds is 2. The van der Waals surface area contributed by atoms with Crippen molar-refractivity contribution < 1.29 is 4.42 Å². The van der Waals surface area contributed by atoms with E-state index in [-0.39, 0.29) is 0 Å². The number of halogens is 2. The van der Waals surface area contributed by atoms with Crippen LogP contribution < -0.4 is 0 Å². The van der Waals surface area contributed by atoms with Gasteiger partial charge in [0.05, 0.1) is 11.6 Å². The zero-order chi connectivity index (χ0) is 10.8. The van der Waals surface area contributed by atoms with Crippen molar-refractivity contribution in [1.29, 1.82) is 0 Å². The van der Waals surface area contributed by atoms with Crippen molar-refractivity contribution in [3.63, 3.8) is 0 Å². The third kappa shape index (κ3) is 2.24. The smallest absolute Gasteiger partial charge is 0.226 e. The zero-order valence-electron chi connectivity index (χ0n) is 8.13. The predicted octanol–water partition coefficient (Wildman–Crippen LogP) is 4.15. The first-order valence-corrected chi connectivity index (χ1v) is 5.81. The number of hydrogen-bond donors (Lipinski definition) is 0. The van der Waals surface area contributed by atoms with Crippen molar-refractivity contribution in [2.45, 2.75) is 12.8 Å². The van der Waals surface area contributed by atoms with Gasteiger partial charge in [-0.1, -0.05) is 15.9 Å². The van der Waals surface area contributed by atoms with Crippen molar-refractivity contribution >= 4 is 27.5 Å². The predicted molar refractivity (Wildman–Crippen MR) is 63.9 cm³/mol. The van der Waals surface area contributed by atoms with E-state index in [0.29, 0.717) is 11.8 Å². The summed E-state index contributed by atoms with van der Waals surface area (Å²) in [6.07, 6.45) is 0. The van der Waals surface area contributed by atoms with Crippen molar-refractivity contribution in [3.8, 4) is 11.5 Å². The lowest BCUT2D eigenvalue weighted by Gasteiger charge is -1.94. The molecule has 1 heterocycles. The SMILES string of the molecule is Cc1nc(-c2ccc(Br)cc2)oc1CCl. The van der Waals surface area contributed by atoms with Gasteiger partial charge in [-0.05, 0) is 31.2 Å². The topological polar surface area (TPSA) is 26.0 Å². The standard InChI is InChI=1S/C11H9BrClNO/c1-7-10(6-13)15-11(14-7)8-2-4-9(12)5-3-8/h2-5H,6H2,1H3. The minimum absolute atomic E-state index is 0.357. The maximum absolute atomic E-state index is 5.72. The molecular weight excluding hydrogens is 277 g/mol. The highest BCUT2D eigenvalue weighted by molar-refractivity contribution is 9.10. The maximum atomic E-state index is 5.72. The molecule has 0 amide bonds. The fourth-order valence-electron chi connectivity index (χ4n) is 1.27. The molecule has 0 bridgehead atoms. The van der Waals surface area contributed by atoms with E-state index in [9.17, 15) is 0 Å². The number of hydrogen-bond acceptors (Lipinski definition) is 2. The van der Waals surface area contributed by atoms with Crippen molar-refractivity contribution in [1.82, 2.24) is 4.98 Å². The zero-order valence-corrected chi connectivity index (χ0v) is 10.5. The van der Waals surface area contributed by atoms with Crippen LogP contribution in [-0.2, 0) is 5.88 Å². The van der Waals surface area contributed by atoms with Gasteiger partial charge < -0.3 is 4.42 Å². The van der Waals surface area contributed by atoms with Crippen LogP contribution in [0.3, 0.4) is 0 Å². The third-order valence-electron chi connectivity index (χ3n) is 2.11. The van der Waals surface area contributed by atoms with Crippen LogP contribution in [0, 0.1) is 6.92 Å². The molecule has 0 N–H and O–H groups in total. The molecule has 0 saturated heterocycles. The molecule has 0 aliphatic carbocycles. The number of nitrogens with zero attached hydrogens (tertiary/aromatic N) is 1. The molecule has 0 fully saturated rings. The van der Waals surface area contributed by atoms with Gasteiger partial charge in [-0.25, -0.2) is 4.98 Å². The third-order valence-corrected chi connectivity index (χ3v) is 2.88. The van der Waals surface area contributed by atoms with Crippen LogP contribution in [0.25, 0.3) is 11.5 Å². The first-order valence-electron chi connectivity index (χ1n) is 4.49. The number of aromatic nitrogens is 1. The molecule has 15 heavy (non-hydrogen) atoms. The Labute approximate surface area is 101 Å². The molecule has 1 aromatic heterocycles. The second-order valence-corrected chi connectivity index (χ2v) is 4.35. The first kappa shape index (κ1) is 10.7. The molecule has 2 aromatic rings. The quantitative estimate of drug-likeness (QED) is 0.775. The molecule has 1 aromatic carbocycles. The van der Waals surface area contributed by atoms with Gasteiger partial charge in [-0.15, -0.1) is 11.6 Å². The lowest BCUT2D eigenvalue weighted by atomic mass is 10.2. The van der Waals surface area contributed by atoms with Crippen LogP contribution in [0.2, 0.25) is 0 Å². The maximum Gasteiger partial charge on any atom is 0.226 e. The Morgan fingerprint density at radius 3 is 2.53 bits per heavy atom. The second-order valence-electron chi connectivity index (χ2n) is 3.17. The summed E-state index contributed by atoms with van der Waals surface area (Å²) in [5.41, 5.74) is 1.81. The van der Waals surface area contributed by atoms with Crippen LogP contribution in [-0.4, -0.2) is 4.98 Å². The Balaban J connectivity index is 2.41. The molecule has 78 valence electrons. The summed E-state index contributed by atoms with van der Waals surface area (Å²) in [5.74, 6) is 1.71. The van der Waals surface area contributed by atoms with E-state index in [1.165, 1.54) is 0 Å². The monoisotopic (exact) mass is 285 g/mol. The number of benzene rings is 1. The summed E-state index contributed by atoms with van der Waals surface area (Å²) >= 11 is 9.10. The molecule has 2 rings (SSSR count). The lowest BCUT2D eigenvalue weighted by molar-refractivity contribution is 0.536. The fraction of sp³-hybridized carbons (Fsp3) is 0.182. The van der Waals surface area contributed by atoms with Crippen LogP contribution in [0.5, 0.6) is 0 Å². The van der Waals surface area contributed by atoms with Crippen molar-refractivity contribution in [3.05, 3.63) is 40.2 Å². The highest BCUT2D eigenvalue weighted by atomic mass is 79.9. The average molecular weight is 287 g/mol. The molecule has 0 aliphatic rings. The highest BCUT2D eigenvalue weighted by Gasteiger charge is 2.09. The molecule has 4 heteroatoms.